The van der Waals surface area contributed by atoms with E-state index >= 15 is 0 Å². The van der Waals surface area contributed by atoms with Crippen LogP contribution < -0.4 is 0 Å². The number of ether oxygens (including phenoxy) is 1. The van der Waals surface area contributed by atoms with Gasteiger partial charge in [0.1, 0.15) is 0 Å². The molecular weight excluding hydrogens is 274 g/mol. The minimum Gasteiger partial charge on any atom is -0.461 e. The first kappa shape index (κ1) is 12.6. The molecule has 1 N–H and O–H groups in total. The quantitative estimate of drug-likeness (QED) is 0.399. The maximum absolute atomic E-state index is 11.6. The Hall–Kier alpha value is -1.49. The highest BCUT2D eigenvalue weighted by Gasteiger charge is 2.20. The maximum atomic E-state index is 11.6. The number of ketones is 1. The lowest BCUT2D eigenvalue weighted by molar-refractivity contribution is -0.134. The number of Topliss-reactive ketones (excluding diaryl/α,β-unsaturated/α-hetero) is 1. The molecule has 0 saturated carbocycles. The molecule has 1 aromatic carbocycles. The monoisotopic (exact) mass is 283 g/mol. The van der Waals surface area contributed by atoms with Crippen LogP contribution >= 0.6 is 15.9 Å². The van der Waals surface area contributed by atoms with Gasteiger partial charge in [-0.2, -0.15) is 0 Å². The molecule has 0 aliphatic rings. The van der Waals surface area contributed by atoms with E-state index in [1.165, 1.54) is 0 Å². The molecule has 0 aromatic heterocycles. The molecule has 0 unspecified atom stereocenters. The third-order valence-corrected chi connectivity index (χ3v) is 2.34. The molecule has 0 spiro atoms. The van der Waals surface area contributed by atoms with Gasteiger partial charge in [0.2, 0.25) is 5.78 Å². The van der Waals surface area contributed by atoms with Gasteiger partial charge in [-0.05, 0) is 31.2 Å². The lowest BCUT2D eigenvalue weighted by Crippen LogP contribution is -2.25. The molecule has 1 rings (SSSR count). The molecule has 1 aromatic rings. The van der Waals surface area contributed by atoms with Crippen molar-refractivity contribution in [2.24, 2.45) is 0 Å². The van der Waals surface area contributed by atoms with Gasteiger partial charge in [-0.15, -0.1) is 0 Å². The number of carbonyl (C=O) groups is 2. The van der Waals surface area contributed by atoms with Gasteiger partial charge < -0.3 is 4.74 Å². The Morgan fingerprint density at radius 3 is 2.38 bits per heavy atom. The Balaban J connectivity index is 2.82. The van der Waals surface area contributed by atoms with Crippen molar-refractivity contribution in [2.75, 3.05) is 6.61 Å². The molecule has 0 bridgehead atoms. The summed E-state index contributed by atoms with van der Waals surface area (Å²) < 4.78 is 5.40. The topological polar surface area (TPSA) is 67.2 Å². The molecule has 4 nitrogen and oxygen atoms in total. The Labute approximate surface area is 101 Å². The summed E-state index contributed by atoms with van der Waals surface area (Å²) in [5.74, 6) is -1.53. The SMILES string of the molecule is CCOC(=O)C(=N)C(=O)c1ccc(Br)cc1. The van der Waals surface area contributed by atoms with Crippen molar-refractivity contribution in [3.63, 3.8) is 0 Å². The van der Waals surface area contributed by atoms with Crippen LogP contribution in [0.5, 0.6) is 0 Å². The number of nitrogens with one attached hydrogen (secondary N) is 1. The number of hydrogen-bond donors (Lipinski definition) is 1. The van der Waals surface area contributed by atoms with Crippen LogP contribution in [0.1, 0.15) is 17.3 Å². The maximum Gasteiger partial charge on any atom is 0.360 e. The highest BCUT2D eigenvalue weighted by molar-refractivity contribution is 9.10. The second kappa shape index (κ2) is 5.55. The zero-order valence-electron chi connectivity index (χ0n) is 8.62. The molecule has 0 heterocycles. The molecule has 0 saturated heterocycles. The molecule has 16 heavy (non-hydrogen) atoms. The average Bonchev–Trinajstić information content (AvgIpc) is 2.28. The van der Waals surface area contributed by atoms with Crippen molar-refractivity contribution in [2.45, 2.75) is 6.92 Å². The average molecular weight is 284 g/mol. The number of carbonyl (C=O) groups excluding carboxylic acids is 2. The summed E-state index contributed by atoms with van der Waals surface area (Å²) in [6.45, 7) is 1.77. The zero-order chi connectivity index (χ0) is 12.1. The van der Waals surface area contributed by atoms with Crippen LogP contribution in [-0.4, -0.2) is 24.1 Å². The Morgan fingerprint density at radius 1 is 1.31 bits per heavy atom. The normalized spacial score (nSPS) is 9.62. The van der Waals surface area contributed by atoms with E-state index in [0.29, 0.717) is 5.56 Å². The summed E-state index contributed by atoms with van der Waals surface area (Å²) >= 11 is 3.23. The minimum atomic E-state index is -0.893. The molecule has 5 heteroatoms. The van der Waals surface area contributed by atoms with Gasteiger partial charge in [-0.25, -0.2) is 4.79 Å². The van der Waals surface area contributed by atoms with E-state index in [9.17, 15) is 9.59 Å². The van der Waals surface area contributed by atoms with Crippen LogP contribution in [0.25, 0.3) is 0 Å². The third-order valence-electron chi connectivity index (χ3n) is 1.81. The van der Waals surface area contributed by atoms with Crippen molar-refractivity contribution in [1.29, 1.82) is 5.41 Å². The zero-order valence-corrected chi connectivity index (χ0v) is 10.2. The second-order valence-corrected chi connectivity index (χ2v) is 3.85. The summed E-state index contributed by atoms with van der Waals surface area (Å²) in [7, 11) is 0. The van der Waals surface area contributed by atoms with Crippen molar-refractivity contribution < 1.29 is 14.3 Å². The van der Waals surface area contributed by atoms with Crippen LogP contribution in [0.2, 0.25) is 0 Å². The van der Waals surface area contributed by atoms with Crippen molar-refractivity contribution in [3.8, 4) is 0 Å². The number of benzene rings is 1. The summed E-state index contributed by atoms with van der Waals surface area (Å²) in [5, 5.41) is 7.36. The van der Waals surface area contributed by atoms with E-state index in [-0.39, 0.29) is 6.61 Å². The summed E-state index contributed by atoms with van der Waals surface area (Å²) in [6.07, 6.45) is 0. The van der Waals surface area contributed by atoms with Crippen LogP contribution in [0.15, 0.2) is 28.7 Å². The molecule has 0 fully saturated rings. The Morgan fingerprint density at radius 2 is 1.88 bits per heavy atom. The van der Waals surface area contributed by atoms with Crippen LogP contribution in [0.4, 0.5) is 0 Å². The van der Waals surface area contributed by atoms with Crippen LogP contribution in [0.3, 0.4) is 0 Å². The summed E-state index contributed by atoms with van der Waals surface area (Å²) in [4.78, 5) is 22.8. The molecule has 0 amide bonds. The molecule has 0 aliphatic heterocycles. The van der Waals surface area contributed by atoms with E-state index in [2.05, 4.69) is 20.7 Å². The fourth-order valence-electron chi connectivity index (χ4n) is 1.04. The number of halogens is 1. The van der Waals surface area contributed by atoms with Gasteiger partial charge in [-0.3, -0.25) is 10.2 Å². The lowest BCUT2D eigenvalue weighted by atomic mass is 10.1. The summed E-state index contributed by atoms with van der Waals surface area (Å²) in [6, 6.07) is 6.43. The summed E-state index contributed by atoms with van der Waals surface area (Å²) in [5.41, 5.74) is -0.356. The standard InChI is InChI=1S/C11H10BrNO3/c1-2-16-11(15)9(13)10(14)7-3-5-8(12)6-4-7/h3-6,13H,2H2,1H3. The van der Waals surface area contributed by atoms with Gasteiger partial charge in [0.05, 0.1) is 6.61 Å². The van der Waals surface area contributed by atoms with Crippen molar-refractivity contribution in [3.05, 3.63) is 34.3 Å². The number of hydrogen-bond acceptors (Lipinski definition) is 4. The van der Waals surface area contributed by atoms with Gasteiger partial charge in [0, 0.05) is 10.0 Å². The van der Waals surface area contributed by atoms with Gasteiger partial charge in [-0.1, -0.05) is 15.9 Å². The first-order valence-corrected chi connectivity index (χ1v) is 5.41. The van der Waals surface area contributed by atoms with Crippen molar-refractivity contribution in [1.82, 2.24) is 0 Å². The highest BCUT2D eigenvalue weighted by Crippen LogP contribution is 2.11. The van der Waals surface area contributed by atoms with Crippen molar-refractivity contribution >= 4 is 33.4 Å². The number of esters is 1. The predicted octanol–water partition coefficient (Wildman–Crippen LogP) is 2.21. The third kappa shape index (κ3) is 3.00. The lowest BCUT2D eigenvalue weighted by Gasteiger charge is -2.02. The fraction of sp³-hybridized carbons (Fsp3) is 0.182. The second-order valence-electron chi connectivity index (χ2n) is 2.93. The Kier molecular flexibility index (Phi) is 4.37. The van der Waals surface area contributed by atoms with E-state index in [4.69, 9.17) is 5.41 Å². The molecule has 0 atom stereocenters. The largest absolute Gasteiger partial charge is 0.461 e. The first-order valence-electron chi connectivity index (χ1n) is 4.62. The van der Waals surface area contributed by atoms with Crippen LogP contribution in [-0.2, 0) is 9.53 Å². The molecule has 0 aliphatic carbocycles. The molecular formula is C11H10BrNO3. The minimum absolute atomic E-state index is 0.148. The molecule has 84 valence electrons. The van der Waals surface area contributed by atoms with Gasteiger partial charge in [0.15, 0.2) is 5.71 Å². The predicted molar refractivity (Wildman–Crippen MR) is 62.8 cm³/mol. The Bertz CT molecular complexity index is 425. The van der Waals surface area contributed by atoms with Gasteiger partial charge >= 0.3 is 5.97 Å². The van der Waals surface area contributed by atoms with E-state index in [1.54, 1.807) is 31.2 Å². The van der Waals surface area contributed by atoms with E-state index < -0.39 is 17.5 Å². The van der Waals surface area contributed by atoms with E-state index in [0.717, 1.165) is 4.47 Å². The highest BCUT2D eigenvalue weighted by atomic mass is 79.9. The fourth-order valence-corrected chi connectivity index (χ4v) is 1.31. The van der Waals surface area contributed by atoms with E-state index in [1.807, 2.05) is 0 Å². The molecule has 0 radical (unpaired) electrons. The number of rotatable bonds is 4. The van der Waals surface area contributed by atoms with Crippen LogP contribution in [0, 0.1) is 5.41 Å². The van der Waals surface area contributed by atoms with Gasteiger partial charge in [0.25, 0.3) is 0 Å². The first-order chi connectivity index (χ1) is 7.56. The smallest absolute Gasteiger partial charge is 0.360 e.